The van der Waals surface area contributed by atoms with Gasteiger partial charge in [-0.3, -0.25) is 9.48 Å². The summed E-state index contributed by atoms with van der Waals surface area (Å²) in [5.41, 5.74) is -1.65. The van der Waals surface area contributed by atoms with Crippen LogP contribution in [0.3, 0.4) is 0 Å². The van der Waals surface area contributed by atoms with Crippen molar-refractivity contribution in [2.45, 2.75) is 63.2 Å². The Kier molecular flexibility index (Phi) is 4.77. The molecule has 2 N–H and O–H groups in total. The Hall–Kier alpha value is -2.76. The number of aromatic nitrogens is 4. The summed E-state index contributed by atoms with van der Waals surface area (Å²) >= 11 is 0. The summed E-state index contributed by atoms with van der Waals surface area (Å²) < 4.78 is 121. The first-order chi connectivity index (χ1) is 21.5. The first-order valence-corrected chi connectivity index (χ1v) is 13.1. The van der Waals surface area contributed by atoms with E-state index in [1.54, 1.807) is 0 Å². The first kappa shape index (κ1) is 15.5. The lowest BCUT2D eigenvalue weighted by molar-refractivity contribution is 0.297. The van der Waals surface area contributed by atoms with Gasteiger partial charge in [0.1, 0.15) is 17.1 Å². The third-order valence-electron chi connectivity index (χ3n) is 5.86. The van der Waals surface area contributed by atoms with Crippen molar-refractivity contribution < 1.29 is 28.2 Å². The zero-order valence-corrected chi connectivity index (χ0v) is 20.6. The molecule has 36 heavy (non-hydrogen) atoms. The fourth-order valence-electron chi connectivity index (χ4n) is 4.06. The molecular formula is C25H36N6O4S. The molecule has 0 saturated carbocycles. The van der Waals surface area contributed by atoms with E-state index in [2.05, 4.69) is 15.1 Å². The molecule has 1 saturated heterocycles. The van der Waals surface area contributed by atoms with E-state index in [4.69, 9.17) is 19.8 Å². The van der Waals surface area contributed by atoms with Crippen molar-refractivity contribution in [1.29, 1.82) is 0 Å². The second-order valence-corrected chi connectivity index (χ2v) is 10.1. The van der Waals surface area contributed by atoms with Crippen LogP contribution < -0.4 is 15.0 Å². The maximum atomic E-state index is 13.5. The van der Waals surface area contributed by atoms with Gasteiger partial charge in [0, 0.05) is 34.6 Å². The van der Waals surface area contributed by atoms with Gasteiger partial charge in [0.25, 0.3) is 5.56 Å². The van der Waals surface area contributed by atoms with Crippen molar-refractivity contribution in [1.82, 2.24) is 29.4 Å². The molecule has 10 nitrogen and oxygen atoms in total. The van der Waals surface area contributed by atoms with Gasteiger partial charge in [-0.05, 0) is 63.8 Å². The largest absolute Gasteiger partial charge is 0.493 e. The molecule has 1 aromatic carbocycles. The molecule has 1 unspecified atom stereocenters. The molecule has 3 heterocycles. The molecule has 1 atom stereocenters. The second-order valence-electron chi connectivity index (χ2n) is 8.45. The van der Waals surface area contributed by atoms with E-state index >= 15 is 0 Å². The number of aryl methyl sites for hydroxylation is 2. The molecule has 0 radical (unpaired) electrons. The first-order valence-electron chi connectivity index (χ1n) is 17.1. The van der Waals surface area contributed by atoms with Crippen LogP contribution in [0.4, 0.5) is 0 Å². The highest BCUT2D eigenvalue weighted by Gasteiger charge is 2.23. The highest BCUT2D eigenvalue weighted by atomic mass is 32.2. The predicted octanol–water partition coefficient (Wildman–Crippen LogP) is 2.83. The fourth-order valence-corrected chi connectivity index (χ4v) is 4.97. The van der Waals surface area contributed by atoms with Gasteiger partial charge < -0.3 is 14.6 Å². The number of ether oxygens (including phenoxy) is 1. The minimum absolute atomic E-state index is 0.0336. The Labute approximate surface area is 227 Å². The van der Waals surface area contributed by atoms with E-state index in [0.717, 1.165) is 6.07 Å². The maximum absolute atomic E-state index is 13.5. The number of rotatable bonds is 11. The second kappa shape index (κ2) is 11.1. The highest BCUT2D eigenvalue weighted by Crippen LogP contribution is 2.31. The van der Waals surface area contributed by atoms with Crippen molar-refractivity contribution in [2.24, 2.45) is 6.98 Å². The van der Waals surface area contributed by atoms with Crippen LogP contribution in [-0.4, -0.2) is 65.7 Å². The molecule has 0 bridgehead atoms. The van der Waals surface area contributed by atoms with Crippen LogP contribution in [0.25, 0.3) is 22.4 Å². The van der Waals surface area contributed by atoms with Crippen LogP contribution in [-0.2, 0) is 23.4 Å². The summed E-state index contributed by atoms with van der Waals surface area (Å²) in [6.07, 6.45) is 0.408. The molecule has 3 aromatic rings. The van der Waals surface area contributed by atoms with Gasteiger partial charge in [-0.25, -0.2) is 18.1 Å². The summed E-state index contributed by atoms with van der Waals surface area (Å²) in [4.78, 5) is 20.9. The van der Waals surface area contributed by atoms with Gasteiger partial charge in [-0.2, -0.15) is 5.10 Å². The Morgan fingerprint density at radius 1 is 1.33 bits per heavy atom. The number of fused-ring (bicyclic) bond motifs is 1. The van der Waals surface area contributed by atoms with E-state index in [-0.39, 0.29) is 54.3 Å². The average Bonchev–Trinajstić information content (AvgIpc) is 3.54. The molecular weight excluding hydrogens is 480 g/mol. The van der Waals surface area contributed by atoms with Crippen LogP contribution in [0.5, 0.6) is 5.75 Å². The van der Waals surface area contributed by atoms with Crippen LogP contribution in [0.2, 0.25) is 0 Å². The molecule has 196 valence electrons. The third-order valence-corrected chi connectivity index (χ3v) is 7.15. The van der Waals surface area contributed by atoms with E-state index < -0.39 is 65.8 Å². The lowest BCUT2D eigenvalue weighted by Gasteiger charge is -2.19. The number of hydrogen-bond acceptors (Lipinski definition) is 7. The van der Waals surface area contributed by atoms with Crippen molar-refractivity contribution >= 4 is 21.1 Å². The Bertz CT molecular complexity index is 1770. The van der Waals surface area contributed by atoms with E-state index in [1.807, 2.05) is 11.6 Å². The number of benzene rings is 1. The van der Waals surface area contributed by atoms with Crippen LogP contribution in [0.15, 0.2) is 27.9 Å². The van der Waals surface area contributed by atoms with Gasteiger partial charge in [-0.1, -0.05) is 20.2 Å². The number of aromatic amines is 1. The lowest BCUT2D eigenvalue weighted by atomic mass is 10.1. The minimum Gasteiger partial charge on any atom is -0.493 e. The van der Waals surface area contributed by atoms with Gasteiger partial charge in [-0.15, -0.1) is 0 Å². The zero-order chi connectivity index (χ0) is 35.2. The standard InChI is InChI=1S/C25H36N6O4S/c1-5-8-20-22-23(31(4)29-20)25(32)28-24(27-22)19-16-18(10-11-21(19)35-15-6-2)36(33,34)26-13-12-17-9-7-14-30(17)3/h10-11,16-17,26H,5-9,12-15H2,1-4H3,(H,27,28,32)/i1D3,3D3,4D3,13D2. The summed E-state index contributed by atoms with van der Waals surface area (Å²) in [6.45, 7) is -8.04. The Morgan fingerprint density at radius 3 is 3.00 bits per heavy atom. The van der Waals surface area contributed by atoms with Crippen LogP contribution in [0.1, 0.15) is 66.7 Å². The number of hydrogen-bond donors (Lipinski definition) is 2. The highest BCUT2D eigenvalue weighted by molar-refractivity contribution is 7.89. The van der Waals surface area contributed by atoms with Gasteiger partial charge >= 0.3 is 0 Å². The predicted molar refractivity (Wildman–Crippen MR) is 140 cm³/mol. The smallest absolute Gasteiger partial charge is 0.277 e. The number of nitrogens with zero attached hydrogens (tertiary/aromatic N) is 4. The topological polar surface area (TPSA) is 122 Å². The Morgan fingerprint density at radius 2 is 2.22 bits per heavy atom. The monoisotopic (exact) mass is 527 g/mol. The normalized spacial score (nSPS) is 22.7. The quantitative estimate of drug-likeness (QED) is 0.393. The van der Waals surface area contributed by atoms with Crippen molar-refractivity contribution in [3.63, 3.8) is 0 Å². The van der Waals surface area contributed by atoms with Crippen LogP contribution >= 0.6 is 0 Å². The van der Waals surface area contributed by atoms with E-state index in [1.165, 1.54) is 17.0 Å². The molecule has 2 aromatic heterocycles. The zero-order valence-electron chi connectivity index (χ0n) is 30.8. The van der Waals surface area contributed by atoms with Crippen molar-refractivity contribution in [3.05, 3.63) is 34.2 Å². The maximum Gasteiger partial charge on any atom is 0.277 e. The van der Waals surface area contributed by atoms with Gasteiger partial charge in [0.05, 0.1) is 22.8 Å². The molecule has 1 aliphatic heterocycles. The van der Waals surface area contributed by atoms with Gasteiger partial charge in [0.2, 0.25) is 10.0 Å². The molecule has 1 aliphatic rings. The SMILES string of the molecule is [2H]C([2H])([2H])CCc1nn(C([2H])([2H])[2H])c2c(=O)[nH]c(-c3cc(S(=O)(=O)NC([2H])([2H])CC4CCCN4C([2H])([2H])[2H])ccc3OCCC)nc12. The van der Waals surface area contributed by atoms with Crippen molar-refractivity contribution in [3.8, 4) is 17.1 Å². The summed E-state index contributed by atoms with van der Waals surface area (Å²) in [5.74, 6) is -0.129. The Balaban J connectivity index is 1.78. The number of nitrogens with one attached hydrogen (secondary N) is 2. The van der Waals surface area contributed by atoms with Crippen LogP contribution in [0, 0.1) is 0 Å². The number of likely N-dealkylation sites (tertiary alicyclic amines) is 1. The average molecular weight is 528 g/mol. The molecule has 0 aliphatic carbocycles. The lowest BCUT2D eigenvalue weighted by Crippen LogP contribution is -2.31. The summed E-state index contributed by atoms with van der Waals surface area (Å²) in [7, 11) is -4.59. The fraction of sp³-hybridized carbons (Fsp3) is 0.560. The minimum atomic E-state index is -4.59. The summed E-state index contributed by atoms with van der Waals surface area (Å²) in [6, 6.07) is 2.85. The molecule has 1 fully saturated rings. The number of H-pyrrole nitrogens is 1. The summed E-state index contributed by atoms with van der Waals surface area (Å²) in [5, 5.41) is 4.00. The third kappa shape index (κ3) is 5.47. The van der Waals surface area contributed by atoms with Gasteiger partial charge in [0.15, 0.2) is 5.52 Å². The molecule has 0 amide bonds. The molecule has 11 heteroatoms. The van der Waals surface area contributed by atoms with E-state index in [0.29, 0.717) is 23.9 Å². The van der Waals surface area contributed by atoms with Crippen molar-refractivity contribution in [2.75, 3.05) is 26.6 Å². The van der Waals surface area contributed by atoms with E-state index in [9.17, 15) is 13.2 Å². The number of sulfonamides is 1. The molecule has 4 rings (SSSR count). The molecule has 0 spiro atoms.